The molecule has 1 spiro atoms. The molecule has 5 rings (SSSR count). The van der Waals surface area contributed by atoms with E-state index in [2.05, 4.69) is 0 Å². The van der Waals surface area contributed by atoms with Crippen molar-refractivity contribution in [3.05, 3.63) is 54.1 Å². The number of piperidine rings is 1. The molecule has 2 fully saturated rings. The number of para-hydroxylation sites is 1. The minimum Gasteiger partial charge on any atom is -0.396 e. The molecule has 8 heteroatoms. The molecule has 1 N–H and O–H groups in total. The zero-order valence-corrected chi connectivity index (χ0v) is 21.5. The largest absolute Gasteiger partial charge is 0.396 e. The maximum atomic E-state index is 15.7. The van der Waals surface area contributed by atoms with Crippen molar-refractivity contribution in [3.63, 3.8) is 0 Å². The van der Waals surface area contributed by atoms with Gasteiger partial charge in [0, 0.05) is 48.0 Å². The Morgan fingerprint density at radius 3 is 2.51 bits per heavy atom. The van der Waals surface area contributed by atoms with Crippen molar-refractivity contribution >= 4 is 37.3 Å². The second-order valence-electron chi connectivity index (χ2n) is 10.5. The van der Waals surface area contributed by atoms with Crippen molar-refractivity contribution in [2.24, 2.45) is 5.92 Å². The van der Waals surface area contributed by atoms with Crippen molar-refractivity contribution in [1.82, 2.24) is 0 Å². The molecule has 2 amide bonds. The van der Waals surface area contributed by atoms with Gasteiger partial charge in [-0.05, 0) is 62.7 Å². The number of hydrogen-bond donors (Lipinski definition) is 1. The number of rotatable bonds is 5. The summed E-state index contributed by atoms with van der Waals surface area (Å²) in [5.74, 6) is -0.599. The van der Waals surface area contributed by atoms with E-state index in [-0.39, 0.29) is 24.8 Å². The number of anilines is 3. The van der Waals surface area contributed by atoms with Crippen LogP contribution in [0.25, 0.3) is 0 Å². The number of hydrogen-bond acceptors (Lipinski definition) is 4. The Bertz CT molecular complexity index is 1140. The van der Waals surface area contributed by atoms with Gasteiger partial charge in [0.1, 0.15) is 0 Å². The summed E-state index contributed by atoms with van der Waals surface area (Å²) in [5, 5.41) is 9.74. The van der Waals surface area contributed by atoms with Crippen LogP contribution >= 0.6 is 0 Å². The zero-order valence-electron chi connectivity index (χ0n) is 20.5. The lowest BCUT2D eigenvalue weighted by molar-refractivity contribution is -0.145. The zero-order chi connectivity index (χ0) is 25.0. The molecule has 2 aromatic rings. The van der Waals surface area contributed by atoms with Gasteiger partial charge in [0.15, 0.2) is 5.60 Å². The van der Waals surface area contributed by atoms with E-state index in [1.807, 2.05) is 55.5 Å². The Balaban J connectivity index is 1.69. The Labute approximate surface area is 206 Å². The number of aliphatic hydroxyl groups is 1. The van der Waals surface area contributed by atoms with Gasteiger partial charge in [-0.2, -0.15) is 0 Å². The average molecular weight is 497 g/mol. The molecule has 3 heterocycles. The molecule has 0 saturated carbocycles. The summed E-state index contributed by atoms with van der Waals surface area (Å²) in [5.41, 5.74) is 1.00. The molecule has 2 aromatic carbocycles. The van der Waals surface area contributed by atoms with Crippen molar-refractivity contribution < 1.29 is 23.5 Å². The number of carbonyl (C=O) groups is 2. The summed E-state index contributed by atoms with van der Waals surface area (Å²) >= 11 is 0. The Morgan fingerprint density at radius 1 is 1.11 bits per heavy atom. The molecule has 2 saturated heterocycles. The van der Waals surface area contributed by atoms with Gasteiger partial charge < -0.3 is 18.9 Å². The van der Waals surface area contributed by atoms with Crippen molar-refractivity contribution in [2.75, 3.05) is 23.0 Å². The molecule has 3 aliphatic rings. The summed E-state index contributed by atoms with van der Waals surface area (Å²) < 4.78 is 22.3. The first-order valence-electron chi connectivity index (χ1n) is 12.5. The number of nitrogens with zero attached hydrogens (tertiary/aromatic N) is 2. The van der Waals surface area contributed by atoms with Gasteiger partial charge >= 0.3 is 0 Å². The lowest BCUT2D eigenvalue weighted by Gasteiger charge is -2.32. The Hall–Kier alpha value is -2.55. The third kappa shape index (κ3) is 3.73. The summed E-state index contributed by atoms with van der Waals surface area (Å²) in [6, 6.07) is 15.1. The first-order chi connectivity index (χ1) is 16.7. The number of fused-ring (bicyclic) bond motifs is 2. The normalized spacial score (nSPS) is 28.8. The monoisotopic (exact) mass is 496 g/mol. The van der Waals surface area contributed by atoms with E-state index < -0.39 is 31.6 Å². The van der Waals surface area contributed by atoms with E-state index in [1.165, 1.54) is 0 Å². The minimum absolute atomic E-state index is 0.0724. The van der Waals surface area contributed by atoms with Crippen LogP contribution in [0, 0.1) is 5.92 Å². The van der Waals surface area contributed by atoms with Gasteiger partial charge in [-0.1, -0.05) is 25.1 Å². The van der Waals surface area contributed by atoms with Crippen LogP contribution in [0.2, 0.25) is 18.6 Å². The van der Waals surface area contributed by atoms with Gasteiger partial charge in [-0.25, -0.2) is 0 Å². The molecule has 0 radical (unpaired) electrons. The summed E-state index contributed by atoms with van der Waals surface area (Å²) in [4.78, 5) is 30.5. The van der Waals surface area contributed by atoms with E-state index in [0.717, 1.165) is 18.5 Å². The number of ether oxygens (including phenoxy) is 1. The fourth-order valence-corrected chi connectivity index (χ4v) is 8.98. The molecular weight excluding hydrogens is 463 g/mol. The van der Waals surface area contributed by atoms with Gasteiger partial charge in [0.05, 0.1) is 11.8 Å². The van der Waals surface area contributed by atoms with Crippen LogP contribution in [0.15, 0.2) is 48.5 Å². The molecule has 3 aliphatic heterocycles. The molecule has 35 heavy (non-hydrogen) atoms. The predicted octanol–water partition coefficient (Wildman–Crippen LogP) is 5.04. The average Bonchev–Trinajstić information content (AvgIpc) is 3.26. The fraction of sp³-hybridized carbons (Fsp3) is 0.481. The SMILES string of the molecule is C[C@@H]1[C@@H]([Si](C)(C)F)[C@H](CCO)O[C@@]12C(=O)N(c1ccccc1)c1ccc(N3CCCCC3=O)cc12. The number of carbonyl (C=O) groups excluding carboxylic acids is 2. The maximum absolute atomic E-state index is 15.7. The number of halogens is 1. The summed E-state index contributed by atoms with van der Waals surface area (Å²) in [6.45, 7) is 5.71. The second kappa shape index (κ2) is 8.83. The van der Waals surface area contributed by atoms with Gasteiger partial charge in [0.2, 0.25) is 14.3 Å². The van der Waals surface area contributed by atoms with E-state index in [9.17, 15) is 14.7 Å². The first kappa shape index (κ1) is 24.2. The van der Waals surface area contributed by atoms with Crippen LogP contribution in [-0.4, -0.2) is 44.6 Å². The molecule has 4 atom stereocenters. The maximum Gasteiger partial charge on any atom is 0.268 e. The minimum atomic E-state index is -3.26. The van der Waals surface area contributed by atoms with E-state index in [1.54, 1.807) is 22.9 Å². The standard InChI is InChI=1S/C27H33FN2O4Si/c1-18-25(35(2,3)28)23(14-16-31)34-27(18)21-17-20(29-15-8-7-11-24(29)32)12-13-22(21)30(26(27)33)19-9-5-4-6-10-19/h4-6,9-10,12-13,17-18,23,25,31H,7-8,11,14-16H2,1-3H3/t18-,23+,25-,27+/m1/s1. The molecule has 0 aromatic heterocycles. The topological polar surface area (TPSA) is 70.1 Å². The second-order valence-corrected chi connectivity index (χ2v) is 14.3. The van der Waals surface area contributed by atoms with Crippen molar-refractivity contribution in [2.45, 2.75) is 62.9 Å². The van der Waals surface area contributed by atoms with Crippen molar-refractivity contribution in [1.29, 1.82) is 0 Å². The van der Waals surface area contributed by atoms with Crippen molar-refractivity contribution in [3.8, 4) is 0 Å². The van der Waals surface area contributed by atoms with Gasteiger partial charge in [-0.3, -0.25) is 14.5 Å². The van der Waals surface area contributed by atoms with E-state index >= 15 is 4.11 Å². The lowest BCUT2D eigenvalue weighted by atomic mass is 9.82. The van der Waals surface area contributed by atoms with Crippen LogP contribution in [0.1, 0.15) is 38.2 Å². The third-order valence-corrected chi connectivity index (χ3v) is 10.4. The highest BCUT2D eigenvalue weighted by Crippen LogP contribution is 2.61. The Morgan fingerprint density at radius 2 is 1.86 bits per heavy atom. The highest BCUT2D eigenvalue weighted by atomic mass is 28.4. The molecule has 0 aliphatic carbocycles. The van der Waals surface area contributed by atoms with Crippen LogP contribution in [0.4, 0.5) is 21.2 Å². The summed E-state index contributed by atoms with van der Waals surface area (Å²) in [6.07, 6.45) is 2.03. The van der Waals surface area contributed by atoms with Crippen LogP contribution in [0.3, 0.4) is 0 Å². The van der Waals surface area contributed by atoms with Gasteiger partial charge in [-0.15, -0.1) is 0 Å². The third-order valence-electron chi connectivity index (χ3n) is 7.92. The lowest BCUT2D eigenvalue weighted by Crippen LogP contribution is -2.44. The number of benzene rings is 2. The number of amides is 2. The molecule has 0 bridgehead atoms. The Kier molecular flexibility index (Phi) is 6.10. The van der Waals surface area contributed by atoms with Crippen LogP contribution in [0.5, 0.6) is 0 Å². The molecular formula is C27H33FN2O4Si. The molecule has 6 nitrogen and oxygen atoms in total. The number of aliphatic hydroxyl groups excluding tert-OH is 1. The van der Waals surface area contributed by atoms with Crippen LogP contribution in [-0.2, 0) is 19.9 Å². The fourth-order valence-electron chi connectivity index (χ4n) is 6.44. The van der Waals surface area contributed by atoms with Gasteiger partial charge in [0.25, 0.3) is 5.91 Å². The smallest absolute Gasteiger partial charge is 0.268 e. The highest BCUT2D eigenvalue weighted by Gasteiger charge is 2.66. The first-order valence-corrected chi connectivity index (χ1v) is 15.5. The quantitative estimate of drug-likeness (QED) is 0.465. The highest BCUT2D eigenvalue weighted by molar-refractivity contribution is 6.72. The van der Waals surface area contributed by atoms with Crippen LogP contribution < -0.4 is 9.80 Å². The molecule has 0 unspecified atom stereocenters. The summed E-state index contributed by atoms with van der Waals surface area (Å²) in [7, 11) is -3.26. The predicted molar refractivity (Wildman–Crippen MR) is 136 cm³/mol. The van der Waals surface area contributed by atoms with E-state index in [0.29, 0.717) is 29.9 Å². The molecule has 186 valence electrons. The van der Waals surface area contributed by atoms with E-state index in [4.69, 9.17) is 4.74 Å².